The molecule has 0 amide bonds. The molecule has 0 unspecified atom stereocenters. The van der Waals surface area contributed by atoms with Crippen molar-refractivity contribution < 1.29 is 14.2 Å². The molecule has 1 aliphatic rings. The van der Waals surface area contributed by atoms with Crippen molar-refractivity contribution in [1.29, 1.82) is 0 Å². The van der Waals surface area contributed by atoms with Gasteiger partial charge in [0.2, 0.25) is 0 Å². The molecule has 0 bridgehead atoms. The summed E-state index contributed by atoms with van der Waals surface area (Å²) < 4.78 is 16.9. The van der Waals surface area contributed by atoms with E-state index in [2.05, 4.69) is 9.97 Å². The van der Waals surface area contributed by atoms with Crippen molar-refractivity contribution in [3.63, 3.8) is 0 Å². The van der Waals surface area contributed by atoms with Crippen molar-refractivity contribution in [3.05, 3.63) is 41.4 Å². The number of aromatic amines is 1. The normalized spacial score (nSPS) is 19.8. The number of hydrogen-bond donors (Lipinski definition) is 1. The summed E-state index contributed by atoms with van der Waals surface area (Å²) >= 11 is 6.16. The molecule has 0 aliphatic carbocycles. The molecule has 24 heavy (non-hydrogen) atoms. The lowest BCUT2D eigenvalue weighted by atomic mass is 10.1. The van der Waals surface area contributed by atoms with E-state index in [4.69, 9.17) is 25.8 Å². The van der Waals surface area contributed by atoms with Crippen LogP contribution >= 0.6 is 24.0 Å². The van der Waals surface area contributed by atoms with Crippen molar-refractivity contribution in [1.82, 2.24) is 9.97 Å². The van der Waals surface area contributed by atoms with Crippen LogP contribution in [-0.2, 0) is 11.2 Å². The summed E-state index contributed by atoms with van der Waals surface area (Å²) in [6, 6.07) is 5.42. The highest BCUT2D eigenvalue weighted by Gasteiger charge is 2.25. The summed E-state index contributed by atoms with van der Waals surface area (Å²) in [5.74, 6) is 2.39. The van der Waals surface area contributed by atoms with Gasteiger partial charge in [-0.15, -0.1) is 12.4 Å². The monoisotopic (exact) mass is 372 g/mol. The molecule has 132 valence electrons. The predicted octanol–water partition coefficient (Wildman–Crippen LogP) is 4.05. The second kappa shape index (κ2) is 9.16. The van der Waals surface area contributed by atoms with Crippen molar-refractivity contribution in [3.8, 4) is 11.5 Å². The van der Waals surface area contributed by atoms with Crippen molar-refractivity contribution >= 4 is 24.0 Å². The zero-order valence-corrected chi connectivity index (χ0v) is 15.1. The van der Waals surface area contributed by atoms with Gasteiger partial charge in [-0.05, 0) is 25.0 Å². The lowest BCUT2D eigenvalue weighted by Gasteiger charge is -2.14. The van der Waals surface area contributed by atoms with Crippen LogP contribution in [-0.4, -0.2) is 35.9 Å². The summed E-state index contributed by atoms with van der Waals surface area (Å²) in [5, 5.41) is 0.562. The number of rotatable bonds is 7. The Hall–Kier alpha value is -1.43. The number of nitrogens with one attached hydrogen (secondary N) is 1. The maximum atomic E-state index is 6.16. The van der Waals surface area contributed by atoms with E-state index in [1.807, 2.05) is 18.3 Å². The number of hydrogen-bond acceptors (Lipinski definition) is 4. The van der Waals surface area contributed by atoms with Crippen LogP contribution in [0.1, 0.15) is 25.1 Å². The third-order valence-corrected chi connectivity index (χ3v) is 4.30. The van der Waals surface area contributed by atoms with Crippen LogP contribution in [0.3, 0.4) is 0 Å². The maximum Gasteiger partial charge on any atom is 0.138 e. The number of benzene rings is 1. The third-order valence-electron chi connectivity index (χ3n) is 4.01. The Bertz CT molecular complexity index is 622. The van der Waals surface area contributed by atoms with Gasteiger partial charge in [0.05, 0.1) is 30.9 Å². The molecule has 3 rings (SSSR count). The van der Waals surface area contributed by atoms with E-state index in [9.17, 15) is 0 Å². The van der Waals surface area contributed by atoms with Gasteiger partial charge in [0.1, 0.15) is 17.3 Å². The Labute approximate surface area is 153 Å². The van der Waals surface area contributed by atoms with Gasteiger partial charge in [-0.2, -0.15) is 0 Å². The number of ether oxygens (including phenoxy) is 3. The van der Waals surface area contributed by atoms with E-state index in [0.717, 1.165) is 37.3 Å². The summed E-state index contributed by atoms with van der Waals surface area (Å²) in [6.07, 6.45) is 7.93. The molecule has 1 aromatic carbocycles. The van der Waals surface area contributed by atoms with E-state index in [-0.39, 0.29) is 24.6 Å². The van der Waals surface area contributed by atoms with Crippen LogP contribution in [0.2, 0.25) is 5.02 Å². The lowest BCUT2D eigenvalue weighted by Crippen LogP contribution is -2.16. The minimum atomic E-state index is 0. The molecule has 2 aromatic rings. The van der Waals surface area contributed by atoms with Gasteiger partial charge in [-0.3, -0.25) is 0 Å². The number of nitrogens with zero attached hydrogens (tertiary/aromatic N) is 1. The fourth-order valence-corrected chi connectivity index (χ4v) is 3.02. The first-order chi connectivity index (χ1) is 11.2. The molecule has 5 nitrogen and oxygen atoms in total. The van der Waals surface area contributed by atoms with E-state index >= 15 is 0 Å². The van der Waals surface area contributed by atoms with Gasteiger partial charge < -0.3 is 19.2 Å². The van der Waals surface area contributed by atoms with Crippen molar-refractivity contribution in [2.24, 2.45) is 0 Å². The number of H-pyrrole nitrogens is 1. The summed E-state index contributed by atoms with van der Waals surface area (Å²) in [6.45, 7) is 0.587. The van der Waals surface area contributed by atoms with Crippen molar-refractivity contribution in [2.45, 2.75) is 37.9 Å². The molecule has 7 heteroatoms. The third kappa shape index (κ3) is 5.03. The zero-order valence-electron chi connectivity index (χ0n) is 13.5. The first-order valence-electron chi connectivity index (χ1n) is 7.84. The highest BCUT2D eigenvalue weighted by Crippen LogP contribution is 2.29. The molecular weight excluding hydrogens is 351 g/mol. The van der Waals surface area contributed by atoms with Crippen LogP contribution in [0.5, 0.6) is 11.5 Å². The van der Waals surface area contributed by atoms with E-state index in [1.54, 1.807) is 19.4 Å². The smallest absolute Gasteiger partial charge is 0.138 e. The summed E-state index contributed by atoms with van der Waals surface area (Å²) in [4.78, 5) is 7.36. The van der Waals surface area contributed by atoms with Crippen LogP contribution in [0.25, 0.3) is 0 Å². The average molecular weight is 373 g/mol. The molecule has 1 fully saturated rings. The second-order valence-corrected chi connectivity index (χ2v) is 6.04. The van der Waals surface area contributed by atoms with Gasteiger partial charge in [0, 0.05) is 31.3 Å². The number of aromatic nitrogens is 2. The Morgan fingerprint density at radius 2 is 2.17 bits per heavy atom. The molecule has 1 aliphatic heterocycles. The maximum absolute atomic E-state index is 6.16. The van der Waals surface area contributed by atoms with E-state index < -0.39 is 0 Å². The van der Waals surface area contributed by atoms with E-state index in [0.29, 0.717) is 17.4 Å². The van der Waals surface area contributed by atoms with E-state index in [1.165, 1.54) is 0 Å². The average Bonchev–Trinajstić information content (AvgIpc) is 3.21. The minimum Gasteiger partial charge on any atom is -0.497 e. The molecular formula is C17H22Cl2N2O3. The van der Waals surface area contributed by atoms with Crippen LogP contribution < -0.4 is 9.47 Å². The Kier molecular flexibility index (Phi) is 7.21. The molecule has 1 aromatic heterocycles. The second-order valence-electron chi connectivity index (χ2n) is 5.63. The number of halogens is 2. The molecule has 0 radical (unpaired) electrons. The summed E-state index contributed by atoms with van der Waals surface area (Å²) in [5.41, 5.74) is 0. The predicted molar refractivity (Wildman–Crippen MR) is 95.6 cm³/mol. The topological polar surface area (TPSA) is 56.4 Å². The molecule has 1 N–H and O–H groups in total. The molecule has 0 saturated carbocycles. The zero-order chi connectivity index (χ0) is 16.1. The van der Waals surface area contributed by atoms with Gasteiger partial charge >= 0.3 is 0 Å². The SMILES string of the molecule is COc1ccc(OCC[C@@H]2CC[C@@H](Cc3ncc[nH]3)O2)c(Cl)c1.Cl. The van der Waals surface area contributed by atoms with Crippen LogP contribution in [0.4, 0.5) is 0 Å². The standard InChI is InChI=1S/C17H21ClN2O3.ClH/c1-21-13-4-5-16(15(18)10-13)22-9-6-12-2-3-14(23-12)11-17-19-7-8-20-17;/h4-5,7-8,10,12,14H,2-3,6,9,11H2,1H3,(H,19,20);1H/t12-,14-;/m0./s1. The molecule has 2 heterocycles. The Balaban J connectivity index is 0.00000208. The largest absolute Gasteiger partial charge is 0.497 e. The molecule has 0 spiro atoms. The van der Waals surface area contributed by atoms with Gasteiger partial charge in [-0.25, -0.2) is 4.98 Å². The highest BCUT2D eigenvalue weighted by atomic mass is 35.5. The van der Waals surface area contributed by atoms with Gasteiger partial charge in [0.15, 0.2) is 0 Å². The molecule has 2 atom stereocenters. The fourth-order valence-electron chi connectivity index (χ4n) is 2.79. The lowest BCUT2D eigenvalue weighted by molar-refractivity contribution is 0.0327. The number of methoxy groups -OCH3 is 1. The first-order valence-corrected chi connectivity index (χ1v) is 8.22. The minimum absolute atomic E-state index is 0. The number of imidazole rings is 1. The highest BCUT2D eigenvalue weighted by molar-refractivity contribution is 6.32. The Morgan fingerprint density at radius 1 is 1.33 bits per heavy atom. The van der Waals surface area contributed by atoms with Crippen molar-refractivity contribution in [2.75, 3.05) is 13.7 Å². The van der Waals surface area contributed by atoms with Gasteiger partial charge in [0.25, 0.3) is 0 Å². The first kappa shape index (κ1) is 18.9. The summed E-state index contributed by atoms with van der Waals surface area (Å²) in [7, 11) is 1.61. The Morgan fingerprint density at radius 3 is 2.88 bits per heavy atom. The van der Waals surface area contributed by atoms with Gasteiger partial charge in [-0.1, -0.05) is 11.6 Å². The van der Waals surface area contributed by atoms with Crippen LogP contribution in [0.15, 0.2) is 30.6 Å². The quantitative estimate of drug-likeness (QED) is 0.796. The molecule has 1 saturated heterocycles. The van der Waals surface area contributed by atoms with Crippen LogP contribution in [0, 0.1) is 0 Å². The fraction of sp³-hybridized carbons (Fsp3) is 0.471.